The molecule has 0 unspecified atom stereocenters. The number of aryl methyl sites for hydroxylation is 1. The highest BCUT2D eigenvalue weighted by Gasteiger charge is 2.05. The summed E-state index contributed by atoms with van der Waals surface area (Å²) in [6, 6.07) is 16.3. The lowest BCUT2D eigenvalue weighted by Crippen LogP contribution is -2.36. The van der Waals surface area contributed by atoms with Gasteiger partial charge in [-0.25, -0.2) is 0 Å². The Labute approximate surface area is 191 Å². The van der Waals surface area contributed by atoms with Gasteiger partial charge in [0.1, 0.15) is 0 Å². The van der Waals surface area contributed by atoms with Crippen molar-refractivity contribution >= 4 is 41.5 Å². The topological polar surface area (TPSA) is 68.8 Å². The molecule has 2 rings (SSSR count). The van der Waals surface area contributed by atoms with Gasteiger partial charge in [0, 0.05) is 25.8 Å². The minimum atomic E-state index is -0.0258. The van der Waals surface area contributed by atoms with Crippen LogP contribution < -0.4 is 16.0 Å². The van der Waals surface area contributed by atoms with Gasteiger partial charge in [-0.3, -0.25) is 9.79 Å². The van der Waals surface area contributed by atoms with Crippen molar-refractivity contribution in [3.63, 3.8) is 0 Å². The number of benzene rings is 2. The summed E-state index contributed by atoms with van der Waals surface area (Å²) in [6.07, 6.45) is 1.01. The van der Waals surface area contributed by atoms with Crippen molar-refractivity contribution in [3.05, 3.63) is 65.2 Å². The second-order valence-corrected chi connectivity index (χ2v) is 6.89. The van der Waals surface area contributed by atoms with Crippen LogP contribution in [0.15, 0.2) is 53.5 Å². The Morgan fingerprint density at radius 2 is 1.69 bits per heavy atom. The van der Waals surface area contributed by atoms with E-state index in [9.17, 15) is 4.79 Å². The Bertz CT molecular complexity index is 807. The van der Waals surface area contributed by atoms with Crippen LogP contribution in [-0.4, -0.2) is 44.5 Å². The molecule has 2 aromatic carbocycles. The smallest absolute Gasteiger partial charge is 0.238 e. The van der Waals surface area contributed by atoms with Gasteiger partial charge in [-0.15, -0.1) is 24.0 Å². The molecule has 6 nitrogen and oxygen atoms in total. The molecule has 7 heteroatoms. The summed E-state index contributed by atoms with van der Waals surface area (Å²) in [7, 11) is 5.51. The minimum absolute atomic E-state index is 0. The molecule has 0 aliphatic carbocycles. The molecule has 3 N–H and O–H groups in total. The van der Waals surface area contributed by atoms with Crippen LogP contribution in [-0.2, 0) is 24.3 Å². The van der Waals surface area contributed by atoms with Gasteiger partial charge in [-0.1, -0.05) is 43.3 Å². The molecule has 0 heterocycles. The van der Waals surface area contributed by atoms with Crippen molar-refractivity contribution in [2.45, 2.75) is 26.4 Å². The van der Waals surface area contributed by atoms with Gasteiger partial charge in [0.2, 0.25) is 5.91 Å². The second-order valence-electron chi connectivity index (χ2n) is 6.89. The van der Waals surface area contributed by atoms with Gasteiger partial charge in [-0.05, 0) is 49.3 Å². The first-order chi connectivity index (χ1) is 13.5. The number of hydrogen-bond acceptors (Lipinski definition) is 3. The van der Waals surface area contributed by atoms with Crippen LogP contribution in [0.25, 0.3) is 0 Å². The first kappa shape index (κ1) is 24.9. The van der Waals surface area contributed by atoms with Crippen LogP contribution in [0.1, 0.15) is 23.6 Å². The number of nitrogens with one attached hydrogen (secondary N) is 3. The van der Waals surface area contributed by atoms with Gasteiger partial charge >= 0.3 is 0 Å². The normalized spacial score (nSPS) is 11.0. The lowest BCUT2D eigenvalue weighted by Gasteiger charge is -2.14. The number of likely N-dealkylation sites (N-methyl/N-ethyl adjacent to an activating group) is 1. The van der Waals surface area contributed by atoms with E-state index in [2.05, 4.69) is 52.1 Å². The van der Waals surface area contributed by atoms with Gasteiger partial charge in [0.05, 0.1) is 6.54 Å². The molecule has 0 aliphatic heterocycles. The molecular formula is C22H32IN5O. The largest absolute Gasteiger partial charge is 0.352 e. The van der Waals surface area contributed by atoms with Crippen molar-refractivity contribution in [2.75, 3.05) is 33.0 Å². The predicted molar refractivity (Wildman–Crippen MR) is 132 cm³/mol. The number of guanidine groups is 1. The number of aliphatic imine (C=N–C) groups is 1. The molecule has 0 radical (unpaired) electrons. The number of carbonyl (C=O) groups is 1. The average molecular weight is 509 g/mol. The third-order valence-corrected chi connectivity index (χ3v) is 4.30. The second kappa shape index (κ2) is 13.2. The minimum Gasteiger partial charge on any atom is -0.352 e. The van der Waals surface area contributed by atoms with E-state index >= 15 is 0 Å². The number of anilines is 1. The summed E-state index contributed by atoms with van der Waals surface area (Å²) in [5, 5.41) is 9.61. The highest BCUT2D eigenvalue weighted by Crippen LogP contribution is 2.11. The van der Waals surface area contributed by atoms with Gasteiger partial charge in [0.15, 0.2) is 5.96 Å². The summed E-state index contributed by atoms with van der Waals surface area (Å²) >= 11 is 0. The van der Waals surface area contributed by atoms with Gasteiger partial charge in [-0.2, -0.15) is 0 Å². The molecular weight excluding hydrogens is 477 g/mol. The number of carbonyl (C=O) groups excluding carboxylic acids is 1. The number of nitrogens with zero attached hydrogens (tertiary/aromatic N) is 2. The maximum absolute atomic E-state index is 11.9. The molecule has 0 spiro atoms. The fourth-order valence-electron chi connectivity index (χ4n) is 2.91. The average Bonchev–Trinajstić information content (AvgIpc) is 2.68. The van der Waals surface area contributed by atoms with Crippen LogP contribution >= 0.6 is 24.0 Å². The number of rotatable bonds is 8. The number of halogens is 1. The Balaban J connectivity index is 0.00000420. The first-order valence-electron chi connectivity index (χ1n) is 9.56. The summed E-state index contributed by atoms with van der Waals surface area (Å²) in [5.74, 6) is 0.718. The lowest BCUT2D eigenvalue weighted by molar-refractivity contribution is -0.116. The molecule has 0 saturated heterocycles. The van der Waals surface area contributed by atoms with Crippen LogP contribution in [0.2, 0.25) is 0 Å². The standard InChI is InChI=1S/C22H31N5O.HI/c1-5-18-10-6-7-11-19(18)15-25-22(23-2)24-14-17-9-8-12-20(13-17)26-21(28)16-27(3)4;/h6-13H,5,14-16H2,1-4H3,(H,26,28)(H2,23,24,25);1H. The van der Waals surface area contributed by atoms with Crippen molar-refractivity contribution < 1.29 is 4.79 Å². The van der Waals surface area contributed by atoms with Crippen LogP contribution in [0.5, 0.6) is 0 Å². The Morgan fingerprint density at radius 1 is 1.00 bits per heavy atom. The van der Waals surface area contributed by atoms with E-state index in [1.54, 1.807) is 7.05 Å². The number of hydrogen-bond donors (Lipinski definition) is 3. The lowest BCUT2D eigenvalue weighted by atomic mass is 10.1. The van der Waals surface area contributed by atoms with E-state index in [0.29, 0.717) is 13.1 Å². The molecule has 2 aromatic rings. The monoisotopic (exact) mass is 509 g/mol. The Morgan fingerprint density at radius 3 is 2.34 bits per heavy atom. The van der Waals surface area contributed by atoms with Crippen LogP contribution in [0, 0.1) is 0 Å². The summed E-state index contributed by atoms with van der Waals surface area (Å²) in [4.78, 5) is 18.1. The molecule has 29 heavy (non-hydrogen) atoms. The zero-order valence-electron chi connectivity index (χ0n) is 17.7. The molecule has 0 saturated carbocycles. The van der Waals surface area contributed by atoms with Crippen molar-refractivity contribution in [1.29, 1.82) is 0 Å². The Kier molecular flexibility index (Phi) is 11.3. The van der Waals surface area contributed by atoms with Crippen molar-refractivity contribution in [1.82, 2.24) is 15.5 Å². The fourth-order valence-corrected chi connectivity index (χ4v) is 2.91. The highest BCUT2D eigenvalue weighted by molar-refractivity contribution is 14.0. The number of amides is 1. The van der Waals surface area contributed by atoms with E-state index in [1.807, 2.05) is 43.3 Å². The Hall–Kier alpha value is -2.13. The molecule has 158 valence electrons. The SMILES string of the molecule is CCc1ccccc1CNC(=NC)NCc1cccc(NC(=O)CN(C)C)c1.I. The molecule has 0 bridgehead atoms. The molecule has 1 amide bonds. The van der Waals surface area contributed by atoms with E-state index < -0.39 is 0 Å². The van der Waals surface area contributed by atoms with E-state index in [1.165, 1.54) is 11.1 Å². The van der Waals surface area contributed by atoms with E-state index in [4.69, 9.17) is 0 Å². The maximum Gasteiger partial charge on any atom is 0.238 e. The summed E-state index contributed by atoms with van der Waals surface area (Å²) in [6.45, 7) is 3.87. The molecule has 0 atom stereocenters. The van der Waals surface area contributed by atoms with Crippen LogP contribution in [0.4, 0.5) is 5.69 Å². The predicted octanol–water partition coefficient (Wildman–Crippen LogP) is 3.23. The maximum atomic E-state index is 11.9. The van der Waals surface area contributed by atoms with Crippen molar-refractivity contribution in [2.24, 2.45) is 4.99 Å². The third-order valence-electron chi connectivity index (χ3n) is 4.30. The molecule has 0 aromatic heterocycles. The highest BCUT2D eigenvalue weighted by atomic mass is 127. The zero-order chi connectivity index (χ0) is 20.4. The van der Waals surface area contributed by atoms with E-state index in [-0.39, 0.29) is 29.9 Å². The fraction of sp³-hybridized carbons (Fsp3) is 0.364. The van der Waals surface area contributed by atoms with Crippen LogP contribution in [0.3, 0.4) is 0 Å². The molecule has 0 aliphatic rings. The summed E-state index contributed by atoms with van der Waals surface area (Å²) < 4.78 is 0. The third kappa shape index (κ3) is 8.82. The first-order valence-corrected chi connectivity index (χ1v) is 9.56. The zero-order valence-corrected chi connectivity index (χ0v) is 20.0. The van der Waals surface area contributed by atoms with Crippen molar-refractivity contribution in [3.8, 4) is 0 Å². The quantitative estimate of drug-likeness (QED) is 0.291. The van der Waals surface area contributed by atoms with Gasteiger partial charge in [0.25, 0.3) is 0 Å². The van der Waals surface area contributed by atoms with Gasteiger partial charge < -0.3 is 20.9 Å². The summed E-state index contributed by atoms with van der Waals surface area (Å²) in [5.41, 5.74) is 4.48. The van der Waals surface area contributed by atoms with E-state index in [0.717, 1.165) is 30.2 Å². The molecule has 0 fully saturated rings.